The second-order valence-corrected chi connectivity index (χ2v) is 8.82. The Hall–Kier alpha value is -3.92. The minimum absolute atomic E-state index is 0.0314. The molecular formula is C22H20N4O5S. The molecule has 164 valence electrons. The van der Waals surface area contributed by atoms with Gasteiger partial charge in [-0.1, -0.05) is 18.2 Å². The number of methoxy groups -OCH3 is 1. The lowest BCUT2D eigenvalue weighted by Gasteiger charge is -2.20. The SMILES string of the molecule is COc1ccc(S(=O)(=O)N2CCc3ccccc32)cc1C(=O)NNC(=O)c1ccncc1. The van der Waals surface area contributed by atoms with Gasteiger partial charge in [-0.15, -0.1) is 0 Å². The topological polar surface area (TPSA) is 118 Å². The van der Waals surface area contributed by atoms with E-state index < -0.39 is 21.8 Å². The van der Waals surface area contributed by atoms with E-state index in [1.54, 1.807) is 12.1 Å². The third kappa shape index (κ3) is 4.00. The van der Waals surface area contributed by atoms with E-state index in [4.69, 9.17) is 4.74 Å². The largest absolute Gasteiger partial charge is 0.496 e. The van der Waals surface area contributed by atoms with Crippen molar-refractivity contribution in [3.63, 3.8) is 0 Å². The molecule has 2 heterocycles. The number of fused-ring (bicyclic) bond motifs is 1. The maximum absolute atomic E-state index is 13.3. The van der Waals surface area contributed by atoms with Crippen molar-refractivity contribution in [1.82, 2.24) is 15.8 Å². The van der Waals surface area contributed by atoms with Gasteiger partial charge in [-0.2, -0.15) is 0 Å². The second kappa shape index (κ2) is 8.67. The van der Waals surface area contributed by atoms with Crippen molar-refractivity contribution in [3.05, 3.63) is 83.7 Å². The average Bonchev–Trinajstić information content (AvgIpc) is 3.27. The smallest absolute Gasteiger partial charge is 0.273 e. The number of benzene rings is 2. The van der Waals surface area contributed by atoms with Crippen LogP contribution in [0.2, 0.25) is 0 Å². The number of sulfonamides is 1. The number of pyridine rings is 1. The first-order chi connectivity index (χ1) is 15.4. The number of ether oxygens (including phenoxy) is 1. The van der Waals surface area contributed by atoms with Gasteiger partial charge in [0, 0.05) is 24.5 Å². The van der Waals surface area contributed by atoms with Crippen molar-refractivity contribution in [2.75, 3.05) is 18.0 Å². The van der Waals surface area contributed by atoms with Crippen LogP contribution >= 0.6 is 0 Å². The molecule has 0 unspecified atom stereocenters. The minimum atomic E-state index is -3.90. The fraction of sp³-hybridized carbons (Fsp3) is 0.136. The highest BCUT2D eigenvalue weighted by molar-refractivity contribution is 7.92. The highest BCUT2D eigenvalue weighted by Crippen LogP contribution is 2.33. The number of carbonyl (C=O) groups excluding carboxylic acids is 2. The van der Waals surface area contributed by atoms with Crippen molar-refractivity contribution in [1.29, 1.82) is 0 Å². The summed E-state index contributed by atoms with van der Waals surface area (Å²) >= 11 is 0. The number of anilines is 1. The molecule has 0 spiro atoms. The van der Waals surface area contributed by atoms with Gasteiger partial charge in [0.05, 0.1) is 23.3 Å². The second-order valence-electron chi connectivity index (χ2n) is 6.96. The molecule has 1 aliphatic rings. The molecule has 3 aromatic rings. The van der Waals surface area contributed by atoms with E-state index in [2.05, 4.69) is 15.8 Å². The molecule has 9 nitrogen and oxygen atoms in total. The number of carbonyl (C=O) groups is 2. The fourth-order valence-corrected chi connectivity index (χ4v) is 5.00. The number of amides is 2. The predicted molar refractivity (Wildman–Crippen MR) is 117 cm³/mol. The Morgan fingerprint density at radius 1 is 1.00 bits per heavy atom. The first-order valence-corrected chi connectivity index (χ1v) is 11.1. The average molecular weight is 452 g/mol. The monoisotopic (exact) mass is 452 g/mol. The highest BCUT2D eigenvalue weighted by Gasteiger charge is 2.31. The summed E-state index contributed by atoms with van der Waals surface area (Å²) < 4.78 is 33.1. The first-order valence-electron chi connectivity index (χ1n) is 9.71. The van der Waals surface area contributed by atoms with Gasteiger partial charge in [-0.25, -0.2) is 8.42 Å². The van der Waals surface area contributed by atoms with Crippen LogP contribution in [0.4, 0.5) is 5.69 Å². The number of hydrogen-bond acceptors (Lipinski definition) is 6. The number of rotatable bonds is 5. The lowest BCUT2D eigenvalue weighted by molar-refractivity contribution is 0.0844. The molecule has 0 saturated carbocycles. The molecule has 0 bridgehead atoms. The molecule has 0 aliphatic carbocycles. The quantitative estimate of drug-likeness (QED) is 0.571. The lowest BCUT2D eigenvalue weighted by atomic mass is 10.2. The van der Waals surface area contributed by atoms with Crippen LogP contribution in [-0.4, -0.2) is 38.9 Å². The van der Waals surface area contributed by atoms with Crippen LogP contribution in [0.15, 0.2) is 71.9 Å². The molecular weight excluding hydrogens is 432 g/mol. The zero-order valence-electron chi connectivity index (χ0n) is 17.1. The number of nitrogens with zero attached hydrogens (tertiary/aromatic N) is 2. The van der Waals surface area contributed by atoms with E-state index >= 15 is 0 Å². The molecule has 4 rings (SSSR count). The van der Waals surface area contributed by atoms with E-state index in [1.165, 1.54) is 54.1 Å². The predicted octanol–water partition coefficient (Wildman–Crippen LogP) is 1.92. The summed E-state index contributed by atoms with van der Waals surface area (Å²) in [4.78, 5) is 28.7. The van der Waals surface area contributed by atoms with Crippen molar-refractivity contribution in [2.45, 2.75) is 11.3 Å². The van der Waals surface area contributed by atoms with Gasteiger partial charge in [0.25, 0.3) is 21.8 Å². The summed E-state index contributed by atoms with van der Waals surface area (Å²) in [5.74, 6) is -1.10. The van der Waals surface area contributed by atoms with Crippen LogP contribution < -0.4 is 19.9 Å². The van der Waals surface area contributed by atoms with E-state index in [0.717, 1.165) is 5.56 Å². The van der Waals surface area contributed by atoms with Crippen LogP contribution in [0.1, 0.15) is 26.3 Å². The van der Waals surface area contributed by atoms with Crippen molar-refractivity contribution < 1.29 is 22.7 Å². The van der Waals surface area contributed by atoms with Gasteiger partial charge in [-0.3, -0.25) is 29.7 Å². The fourth-order valence-electron chi connectivity index (χ4n) is 3.47. The van der Waals surface area contributed by atoms with Crippen molar-refractivity contribution in [2.24, 2.45) is 0 Å². The third-order valence-corrected chi connectivity index (χ3v) is 6.89. The minimum Gasteiger partial charge on any atom is -0.496 e. The van der Waals surface area contributed by atoms with Crippen LogP contribution in [0.3, 0.4) is 0 Å². The zero-order valence-corrected chi connectivity index (χ0v) is 17.9. The number of aromatic nitrogens is 1. The van der Waals surface area contributed by atoms with Crippen LogP contribution in [-0.2, 0) is 16.4 Å². The van der Waals surface area contributed by atoms with Crippen LogP contribution in [0, 0.1) is 0 Å². The Labute approximate surface area is 185 Å². The molecule has 2 amide bonds. The summed E-state index contributed by atoms with van der Waals surface area (Å²) in [5, 5.41) is 0. The number of nitrogens with one attached hydrogen (secondary N) is 2. The van der Waals surface area contributed by atoms with Crippen LogP contribution in [0.25, 0.3) is 0 Å². The summed E-state index contributed by atoms with van der Waals surface area (Å²) in [7, 11) is -2.54. The molecule has 0 saturated heterocycles. The Balaban J connectivity index is 1.59. The summed E-state index contributed by atoms with van der Waals surface area (Å²) in [6.07, 6.45) is 3.51. The van der Waals surface area contributed by atoms with Gasteiger partial charge in [0.1, 0.15) is 5.75 Å². The maximum atomic E-state index is 13.3. The maximum Gasteiger partial charge on any atom is 0.273 e. The lowest BCUT2D eigenvalue weighted by Crippen LogP contribution is -2.41. The Kier molecular flexibility index (Phi) is 5.78. The molecule has 0 fully saturated rings. The van der Waals surface area contributed by atoms with Crippen molar-refractivity contribution >= 4 is 27.5 Å². The van der Waals surface area contributed by atoms with E-state index in [-0.39, 0.29) is 16.2 Å². The molecule has 10 heteroatoms. The summed E-state index contributed by atoms with van der Waals surface area (Å²) in [6, 6.07) is 14.3. The highest BCUT2D eigenvalue weighted by atomic mass is 32.2. The molecule has 1 aromatic heterocycles. The van der Waals surface area contributed by atoms with Gasteiger partial charge in [-0.05, 0) is 48.4 Å². The molecule has 2 aromatic carbocycles. The van der Waals surface area contributed by atoms with E-state index in [9.17, 15) is 18.0 Å². The Morgan fingerprint density at radius 3 is 2.47 bits per heavy atom. The third-order valence-electron chi connectivity index (χ3n) is 5.08. The first kappa shape index (κ1) is 21.3. The number of hydrazine groups is 1. The Bertz CT molecular complexity index is 1280. The molecule has 2 N–H and O–H groups in total. The van der Waals surface area contributed by atoms with Crippen molar-refractivity contribution in [3.8, 4) is 5.75 Å². The number of para-hydroxylation sites is 1. The van der Waals surface area contributed by atoms with Gasteiger partial charge >= 0.3 is 0 Å². The Morgan fingerprint density at radius 2 is 1.72 bits per heavy atom. The van der Waals surface area contributed by atoms with E-state index in [0.29, 0.717) is 24.2 Å². The zero-order chi connectivity index (χ0) is 22.7. The molecule has 0 atom stereocenters. The number of hydrogen-bond donors (Lipinski definition) is 2. The van der Waals surface area contributed by atoms with Crippen LogP contribution in [0.5, 0.6) is 5.75 Å². The standard InChI is InChI=1S/C22H20N4O5S/c1-31-20-7-6-17(32(29,30)26-13-10-15-4-2-3-5-19(15)26)14-18(20)22(28)25-24-21(27)16-8-11-23-12-9-16/h2-9,11-12,14H,10,13H2,1H3,(H,24,27)(H,25,28). The normalized spacial score (nSPS) is 12.7. The summed E-state index contributed by atoms with van der Waals surface area (Å²) in [5.41, 5.74) is 6.42. The van der Waals surface area contributed by atoms with Gasteiger partial charge in [0.2, 0.25) is 0 Å². The van der Waals surface area contributed by atoms with E-state index in [1.807, 2.05) is 12.1 Å². The van der Waals surface area contributed by atoms with Gasteiger partial charge < -0.3 is 4.74 Å². The molecule has 32 heavy (non-hydrogen) atoms. The molecule has 1 aliphatic heterocycles. The summed E-state index contributed by atoms with van der Waals surface area (Å²) in [6.45, 7) is 0.317. The molecule has 0 radical (unpaired) electrons. The van der Waals surface area contributed by atoms with Gasteiger partial charge in [0.15, 0.2) is 0 Å².